The fraction of sp³-hybridized carbons (Fsp3) is 0.950. The molecule has 4 atom stereocenters. The number of unbranched alkanes of at least 4 members (excludes halogenated alkanes) is 6. The van der Waals surface area contributed by atoms with E-state index in [-0.39, 0.29) is 5.97 Å². The molecule has 2 aliphatic heterocycles. The van der Waals surface area contributed by atoms with Crippen molar-refractivity contribution in [3.05, 3.63) is 0 Å². The molecule has 0 amide bonds. The number of carbonyl (C=O) groups excluding carboxylic acids is 1. The fourth-order valence-electron chi connectivity index (χ4n) is 3.48. The third-order valence-electron chi connectivity index (χ3n) is 5.11. The van der Waals surface area contributed by atoms with E-state index in [0.717, 1.165) is 19.3 Å². The minimum absolute atomic E-state index is 0.0537. The second-order valence-electron chi connectivity index (χ2n) is 7.27. The summed E-state index contributed by atoms with van der Waals surface area (Å²) in [5, 5.41) is 0. The maximum absolute atomic E-state index is 11.2. The van der Waals surface area contributed by atoms with Gasteiger partial charge in [0.25, 0.3) is 0 Å². The van der Waals surface area contributed by atoms with Gasteiger partial charge < -0.3 is 14.2 Å². The van der Waals surface area contributed by atoms with Gasteiger partial charge in [-0.2, -0.15) is 0 Å². The topological polar surface area (TPSA) is 51.4 Å². The lowest BCUT2D eigenvalue weighted by Crippen LogP contribution is -2.03. The Morgan fingerprint density at radius 2 is 1.38 bits per heavy atom. The van der Waals surface area contributed by atoms with Crippen LogP contribution in [0.1, 0.15) is 90.9 Å². The molecule has 0 spiro atoms. The van der Waals surface area contributed by atoms with E-state index in [1.54, 1.807) is 0 Å². The van der Waals surface area contributed by atoms with E-state index in [1.807, 2.05) is 6.92 Å². The van der Waals surface area contributed by atoms with Gasteiger partial charge in [0.15, 0.2) is 0 Å². The van der Waals surface area contributed by atoms with Crippen LogP contribution < -0.4 is 0 Å². The summed E-state index contributed by atoms with van der Waals surface area (Å²) in [6.07, 6.45) is 15.8. The molecule has 0 radical (unpaired) electrons. The van der Waals surface area contributed by atoms with Gasteiger partial charge in [0, 0.05) is 12.8 Å². The molecule has 0 bridgehead atoms. The van der Waals surface area contributed by atoms with Gasteiger partial charge in [-0.1, -0.05) is 51.9 Å². The molecule has 2 fully saturated rings. The summed E-state index contributed by atoms with van der Waals surface area (Å²) in [7, 11) is 0. The largest absolute Gasteiger partial charge is 0.466 e. The lowest BCUT2D eigenvalue weighted by molar-refractivity contribution is -0.143. The molecule has 2 rings (SSSR count). The van der Waals surface area contributed by atoms with E-state index >= 15 is 0 Å². The molecule has 24 heavy (non-hydrogen) atoms. The monoisotopic (exact) mass is 358 g/mol. The predicted octanol–water partition coefficient (Wildman–Crippen LogP) is 4.79. The number of hydrogen-bond donors (Lipinski definition) is 0. The lowest BCUT2D eigenvalue weighted by atomic mass is 10.9. The highest BCUT2D eigenvalue weighted by molar-refractivity contribution is 5.69. The van der Waals surface area contributed by atoms with Crippen LogP contribution in [0.25, 0.3) is 0 Å². The molecule has 2 heterocycles. The molecular formula is C20H36O4. The molecule has 0 aromatic rings. The van der Waals surface area contributed by atoms with Gasteiger partial charge in [0.05, 0.1) is 31.0 Å². The third-order valence-corrected chi connectivity index (χ3v) is 5.11. The Labute approximate surface area is 147 Å². The number of rotatable bonds is 15. The van der Waals surface area contributed by atoms with E-state index in [9.17, 15) is 4.79 Å². The number of hydrogen-bond acceptors (Lipinski definition) is 4. The highest BCUT2D eigenvalue weighted by Gasteiger charge is 2.47. The standard InChI is InChI=1S/C20H36O4/c1-3-5-9-12-16-18(23-16)15-19-17(24-19)13-10-7-6-8-11-14-20(21)22-4-2/h16-19H,3-15H2,1-2H3/i1+1,3+1,5+1,6+1,7+1,8+1,9+1,10+1,11+1,12+1,13+1,14+1,15+1,16+1,17+1,18+1,19+1,20+1. The zero-order valence-corrected chi connectivity index (χ0v) is 15.6. The quantitative estimate of drug-likeness (QED) is 0.183. The summed E-state index contributed by atoms with van der Waals surface area (Å²) in [5.74, 6) is -0.0537. The molecule has 2 aliphatic rings. The SMILES string of the molecule is CCO[13C](=O)[13CH2][13CH2][13CH2][13CH2][13CH2][13CH2][13CH2][13CH]1O[13CH]1[13CH2][13CH]1O[13CH]1[13CH2][13CH2][13CH2][13CH2][13CH3]. The summed E-state index contributed by atoms with van der Waals surface area (Å²) < 4.78 is 16.5. The molecule has 0 aromatic carbocycles. The predicted molar refractivity (Wildman–Crippen MR) is 95.0 cm³/mol. The number of epoxide rings is 2. The zero-order chi connectivity index (χ0) is 17.2. The molecule has 0 aliphatic carbocycles. The molecule has 4 unspecified atom stereocenters. The average molecular weight is 358 g/mol. The highest BCUT2D eigenvalue weighted by Crippen LogP contribution is 2.39. The van der Waals surface area contributed by atoms with Crippen molar-refractivity contribution in [3.63, 3.8) is 0 Å². The fourth-order valence-corrected chi connectivity index (χ4v) is 3.48. The second-order valence-corrected chi connectivity index (χ2v) is 7.27. The zero-order valence-electron chi connectivity index (χ0n) is 15.6. The van der Waals surface area contributed by atoms with Crippen LogP contribution in [-0.4, -0.2) is 37.0 Å². The smallest absolute Gasteiger partial charge is 0.305 e. The summed E-state index contributed by atoms with van der Waals surface area (Å²) in [4.78, 5) is 11.2. The first-order chi connectivity index (χ1) is 11.7. The molecule has 140 valence electrons. The first-order valence-corrected chi connectivity index (χ1v) is 10.2. The van der Waals surface area contributed by atoms with E-state index in [1.165, 1.54) is 51.4 Å². The molecule has 0 aromatic heterocycles. The van der Waals surface area contributed by atoms with Gasteiger partial charge in [-0.25, -0.2) is 0 Å². The second kappa shape index (κ2) is 11.1. The van der Waals surface area contributed by atoms with E-state index in [4.69, 9.17) is 14.2 Å². The molecular weight excluding hydrogens is 322 g/mol. The Hall–Kier alpha value is -0.610. The molecule has 4 nitrogen and oxygen atoms in total. The minimum Gasteiger partial charge on any atom is -0.466 e. The normalized spacial score (nSPS) is 27.9. The Morgan fingerprint density at radius 3 is 2.00 bits per heavy atom. The van der Waals surface area contributed by atoms with Crippen LogP contribution in [-0.2, 0) is 19.0 Å². The summed E-state index contributed by atoms with van der Waals surface area (Å²) in [6.45, 7) is 4.59. The van der Waals surface area contributed by atoms with Crippen molar-refractivity contribution in [3.8, 4) is 0 Å². The van der Waals surface area contributed by atoms with Crippen molar-refractivity contribution in [2.24, 2.45) is 0 Å². The number of ether oxygens (including phenoxy) is 3. The van der Waals surface area contributed by atoms with Crippen molar-refractivity contribution in [1.29, 1.82) is 0 Å². The van der Waals surface area contributed by atoms with Crippen molar-refractivity contribution >= 4 is 5.97 Å². The van der Waals surface area contributed by atoms with Gasteiger partial charge >= 0.3 is 5.97 Å². The van der Waals surface area contributed by atoms with E-state index in [0.29, 0.717) is 37.4 Å². The number of esters is 1. The van der Waals surface area contributed by atoms with Crippen LogP contribution in [0.5, 0.6) is 0 Å². The van der Waals surface area contributed by atoms with Crippen molar-refractivity contribution in [2.75, 3.05) is 6.61 Å². The van der Waals surface area contributed by atoms with Crippen LogP contribution in [0, 0.1) is 0 Å². The molecule has 0 N–H and O–H groups in total. The van der Waals surface area contributed by atoms with Crippen LogP contribution >= 0.6 is 0 Å². The first-order valence-electron chi connectivity index (χ1n) is 10.2. The van der Waals surface area contributed by atoms with Crippen LogP contribution in [0.2, 0.25) is 0 Å². The summed E-state index contributed by atoms with van der Waals surface area (Å²) in [5.41, 5.74) is 0. The molecule has 0 saturated carbocycles. The molecule has 4 heteroatoms. The Balaban J connectivity index is 1.34. The van der Waals surface area contributed by atoms with Gasteiger partial charge in [0.2, 0.25) is 0 Å². The summed E-state index contributed by atoms with van der Waals surface area (Å²) in [6, 6.07) is 0. The van der Waals surface area contributed by atoms with Gasteiger partial charge in [-0.05, 0) is 26.2 Å². The van der Waals surface area contributed by atoms with Crippen molar-refractivity contribution in [2.45, 2.75) is 115 Å². The van der Waals surface area contributed by atoms with Crippen LogP contribution in [0.3, 0.4) is 0 Å². The first kappa shape index (κ1) is 19.7. The van der Waals surface area contributed by atoms with Gasteiger partial charge in [-0.15, -0.1) is 0 Å². The van der Waals surface area contributed by atoms with E-state index in [2.05, 4.69) is 6.92 Å². The van der Waals surface area contributed by atoms with Gasteiger partial charge in [-0.3, -0.25) is 4.79 Å². The Morgan fingerprint density at radius 1 is 0.792 bits per heavy atom. The Kier molecular flexibility index (Phi) is 9.11. The average Bonchev–Trinajstić information content (AvgIpc) is 3.47. The number of carbonyl (C=O) groups is 1. The van der Waals surface area contributed by atoms with Crippen molar-refractivity contribution < 1.29 is 19.0 Å². The highest BCUT2D eigenvalue weighted by atomic mass is 16.8. The minimum atomic E-state index is -0.0537. The summed E-state index contributed by atoms with van der Waals surface area (Å²) >= 11 is 0. The Bertz CT molecular complexity index is 358. The maximum Gasteiger partial charge on any atom is 0.305 e. The maximum atomic E-state index is 11.2. The van der Waals surface area contributed by atoms with E-state index < -0.39 is 0 Å². The van der Waals surface area contributed by atoms with Crippen LogP contribution in [0.4, 0.5) is 0 Å². The third kappa shape index (κ3) is 7.98. The van der Waals surface area contributed by atoms with Crippen molar-refractivity contribution in [1.82, 2.24) is 0 Å². The lowest BCUT2D eigenvalue weighted by Gasteiger charge is -2.02. The molecule has 2 saturated heterocycles. The van der Waals surface area contributed by atoms with Crippen LogP contribution in [0.15, 0.2) is 0 Å². The van der Waals surface area contributed by atoms with Gasteiger partial charge in [0.1, 0.15) is 0 Å².